The van der Waals surface area contributed by atoms with E-state index in [4.69, 9.17) is 26.4 Å². The number of anilines is 1. The molecule has 7 nitrogen and oxygen atoms in total. The van der Waals surface area contributed by atoms with Gasteiger partial charge >= 0.3 is 0 Å². The quantitative estimate of drug-likeness (QED) is 0.529. The molecule has 2 rings (SSSR count). The first kappa shape index (κ1) is 20.2. The van der Waals surface area contributed by atoms with Crippen molar-refractivity contribution in [2.45, 2.75) is 0 Å². The summed E-state index contributed by atoms with van der Waals surface area (Å²) in [6, 6.07) is 5.75. The second kappa shape index (κ2) is 8.99. The lowest BCUT2D eigenvalue weighted by Gasteiger charge is -2.15. The Morgan fingerprint density at radius 1 is 0.889 bits per heavy atom. The molecule has 0 unspecified atom stereocenters. The highest BCUT2D eigenvalue weighted by Gasteiger charge is 2.17. The summed E-state index contributed by atoms with van der Waals surface area (Å²) < 4.78 is 41.9. The molecule has 0 aromatic heterocycles. The molecular formula is C17H17F2N3O4S. The van der Waals surface area contributed by atoms with E-state index in [-0.39, 0.29) is 16.4 Å². The van der Waals surface area contributed by atoms with Crippen molar-refractivity contribution in [2.24, 2.45) is 0 Å². The lowest BCUT2D eigenvalue weighted by atomic mass is 10.1. The molecule has 2 aromatic rings. The van der Waals surface area contributed by atoms with Crippen LogP contribution in [0.1, 0.15) is 10.4 Å². The summed E-state index contributed by atoms with van der Waals surface area (Å²) in [6.45, 7) is 0. The van der Waals surface area contributed by atoms with Crippen LogP contribution in [-0.4, -0.2) is 32.3 Å². The number of thiocarbonyl (C=S) groups is 1. The minimum atomic E-state index is -0.762. The van der Waals surface area contributed by atoms with Crippen LogP contribution in [0.4, 0.5) is 14.5 Å². The van der Waals surface area contributed by atoms with Crippen molar-refractivity contribution in [3.05, 3.63) is 47.5 Å². The number of hydrogen-bond donors (Lipinski definition) is 3. The Kier molecular flexibility index (Phi) is 6.72. The SMILES string of the molecule is COc1cc(C(=O)NNC(=S)Nc2cc(F)cc(F)c2)cc(OC)c1OC. The minimum absolute atomic E-state index is 0.0687. The summed E-state index contributed by atoms with van der Waals surface area (Å²) in [6.07, 6.45) is 0. The van der Waals surface area contributed by atoms with Crippen LogP contribution < -0.4 is 30.4 Å². The molecule has 0 aliphatic carbocycles. The van der Waals surface area contributed by atoms with Gasteiger partial charge in [-0.05, 0) is 36.5 Å². The highest BCUT2D eigenvalue weighted by atomic mass is 32.1. The van der Waals surface area contributed by atoms with Crippen molar-refractivity contribution in [1.29, 1.82) is 0 Å². The second-order valence-corrected chi connectivity index (χ2v) is 5.51. The molecular weight excluding hydrogens is 380 g/mol. The lowest BCUT2D eigenvalue weighted by molar-refractivity contribution is 0.0943. The summed E-state index contributed by atoms with van der Waals surface area (Å²) >= 11 is 4.98. The van der Waals surface area contributed by atoms with Gasteiger partial charge in [0, 0.05) is 17.3 Å². The molecule has 0 aliphatic heterocycles. The largest absolute Gasteiger partial charge is 0.493 e. The Morgan fingerprint density at radius 3 is 1.93 bits per heavy atom. The molecule has 0 spiro atoms. The number of amides is 1. The predicted molar refractivity (Wildman–Crippen MR) is 99.3 cm³/mol. The zero-order valence-electron chi connectivity index (χ0n) is 14.7. The van der Waals surface area contributed by atoms with E-state index < -0.39 is 17.5 Å². The molecule has 0 bridgehead atoms. The maximum Gasteiger partial charge on any atom is 0.269 e. The highest BCUT2D eigenvalue weighted by molar-refractivity contribution is 7.80. The van der Waals surface area contributed by atoms with Crippen molar-refractivity contribution in [3.63, 3.8) is 0 Å². The van der Waals surface area contributed by atoms with E-state index in [0.717, 1.165) is 18.2 Å². The number of hydrazine groups is 1. The average molecular weight is 397 g/mol. The normalized spacial score (nSPS) is 9.96. The Bertz CT molecular complexity index is 819. The van der Waals surface area contributed by atoms with Gasteiger partial charge in [0.25, 0.3) is 5.91 Å². The van der Waals surface area contributed by atoms with E-state index in [1.807, 2.05) is 0 Å². The van der Waals surface area contributed by atoms with Gasteiger partial charge in [-0.15, -0.1) is 0 Å². The van der Waals surface area contributed by atoms with Gasteiger partial charge in [-0.25, -0.2) is 8.78 Å². The Morgan fingerprint density at radius 2 is 1.44 bits per heavy atom. The zero-order chi connectivity index (χ0) is 20.0. The van der Waals surface area contributed by atoms with Gasteiger partial charge in [0.05, 0.1) is 21.3 Å². The average Bonchev–Trinajstić information content (AvgIpc) is 2.63. The number of carbonyl (C=O) groups excluding carboxylic acids is 1. The van der Waals surface area contributed by atoms with Crippen LogP contribution in [0.3, 0.4) is 0 Å². The minimum Gasteiger partial charge on any atom is -0.493 e. The summed E-state index contributed by atoms with van der Waals surface area (Å²) in [4.78, 5) is 12.3. The second-order valence-electron chi connectivity index (χ2n) is 5.11. The first-order chi connectivity index (χ1) is 12.9. The van der Waals surface area contributed by atoms with Gasteiger partial charge in [0.2, 0.25) is 5.75 Å². The zero-order valence-corrected chi connectivity index (χ0v) is 15.5. The van der Waals surface area contributed by atoms with Gasteiger partial charge in [0.1, 0.15) is 11.6 Å². The van der Waals surface area contributed by atoms with Gasteiger partial charge in [0.15, 0.2) is 16.6 Å². The van der Waals surface area contributed by atoms with E-state index in [2.05, 4.69) is 16.2 Å². The number of carbonyl (C=O) groups is 1. The first-order valence-corrected chi connectivity index (χ1v) is 7.92. The molecule has 27 heavy (non-hydrogen) atoms. The monoisotopic (exact) mass is 397 g/mol. The van der Waals surface area contributed by atoms with Crippen LogP contribution in [-0.2, 0) is 0 Å². The van der Waals surface area contributed by atoms with Crippen LogP contribution in [0.2, 0.25) is 0 Å². The standard InChI is InChI=1S/C17H17F2N3O4S/c1-24-13-4-9(5-14(25-2)15(13)26-3)16(23)21-22-17(27)20-12-7-10(18)6-11(19)8-12/h4-8H,1-3H3,(H,21,23)(H2,20,22,27). The third-order valence-electron chi connectivity index (χ3n) is 3.34. The fraction of sp³-hybridized carbons (Fsp3) is 0.176. The summed E-state index contributed by atoms with van der Waals surface area (Å²) in [7, 11) is 4.30. The van der Waals surface area contributed by atoms with Crippen LogP contribution >= 0.6 is 12.2 Å². The number of benzene rings is 2. The summed E-state index contributed by atoms with van der Waals surface area (Å²) in [5.74, 6) is -1.13. The molecule has 1 amide bonds. The third-order valence-corrected chi connectivity index (χ3v) is 3.54. The molecule has 144 valence electrons. The van der Waals surface area contributed by atoms with Crippen molar-refractivity contribution in [1.82, 2.24) is 10.9 Å². The molecule has 3 N–H and O–H groups in total. The van der Waals surface area contributed by atoms with Crippen LogP contribution in [0.25, 0.3) is 0 Å². The predicted octanol–water partition coefficient (Wildman–Crippen LogP) is 2.62. The molecule has 0 saturated carbocycles. The molecule has 2 aromatic carbocycles. The van der Waals surface area contributed by atoms with Gasteiger partial charge in [-0.2, -0.15) is 0 Å². The van der Waals surface area contributed by atoms with E-state index in [9.17, 15) is 13.6 Å². The Balaban J connectivity index is 2.05. The van der Waals surface area contributed by atoms with Gasteiger partial charge in [-0.3, -0.25) is 15.6 Å². The Labute approximate surface area is 159 Å². The van der Waals surface area contributed by atoms with E-state index >= 15 is 0 Å². The summed E-state index contributed by atoms with van der Waals surface area (Å²) in [5, 5.41) is 2.48. The number of methoxy groups -OCH3 is 3. The number of nitrogens with one attached hydrogen (secondary N) is 3. The fourth-order valence-corrected chi connectivity index (χ4v) is 2.36. The molecule has 0 fully saturated rings. The lowest BCUT2D eigenvalue weighted by Crippen LogP contribution is -2.43. The number of rotatable bonds is 5. The van der Waals surface area contributed by atoms with E-state index in [1.54, 1.807) is 0 Å². The van der Waals surface area contributed by atoms with Crippen molar-refractivity contribution in [3.8, 4) is 17.2 Å². The van der Waals surface area contributed by atoms with Crippen LogP contribution in [0.15, 0.2) is 30.3 Å². The molecule has 10 heteroatoms. The van der Waals surface area contributed by atoms with E-state index in [0.29, 0.717) is 17.2 Å². The third kappa shape index (κ3) is 5.17. The number of ether oxygens (including phenoxy) is 3. The van der Waals surface area contributed by atoms with Gasteiger partial charge in [-0.1, -0.05) is 0 Å². The molecule has 0 heterocycles. The number of halogens is 2. The van der Waals surface area contributed by atoms with Crippen LogP contribution in [0.5, 0.6) is 17.2 Å². The molecule has 0 radical (unpaired) electrons. The fourth-order valence-electron chi connectivity index (χ4n) is 2.19. The molecule has 0 atom stereocenters. The Hall–Kier alpha value is -3.14. The van der Waals surface area contributed by atoms with Crippen molar-refractivity contribution < 1.29 is 27.8 Å². The van der Waals surface area contributed by atoms with Crippen LogP contribution in [0, 0.1) is 11.6 Å². The maximum atomic E-state index is 13.2. The summed E-state index contributed by atoms with van der Waals surface area (Å²) in [5.41, 5.74) is 5.09. The molecule has 0 saturated heterocycles. The van der Waals surface area contributed by atoms with Crippen molar-refractivity contribution >= 4 is 28.9 Å². The van der Waals surface area contributed by atoms with Gasteiger partial charge < -0.3 is 19.5 Å². The smallest absolute Gasteiger partial charge is 0.269 e. The number of hydrogen-bond acceptors (Lipinski definition) is 5. The highest BCUT2D eigenvalue weighted by Crippen LogP contribution is 2.38. The first-order valence-electron chi connectivity index (χ1n) is 7.51. The van der Waals surface area contributed by atoms with Crippen molar-refractivity contribution in [2.75, 3.05) is 26.6 Å². The topological polar surface area (TPSA) is 80.9 Å². The maximum absolute atomic E-state index is 13.2. The molecule has 0 aliphatic rings. The van der Waals surface area contributed by atoms with E-state index in [1.165, 1.54) is 33.5 Å².